The summed E-state index contributed by atoms with van der Waals surface area (Å²) in [7, 11) is 0. The second kappa shape index (κ2) is 17.0. The number of fused-ring (bicyclic) bond motifs is 16. The molecule has 0 unspecified atom stereocenters. The van der Waals surface area contributed by atoms with E-state index in [2.05, 4.69) is 245 Å². The van der Waals surface area contributed by atoms with Crippen LogP contribution in [0, 0.1) is 0 Å². The first-order valence-electron chi connectivity index (χ1n) is 25.4. The first-order valence-corrected chi connectivity index (χ1v) is 25.4. The van der Waals surface area contributed by atoms with Crippen molar-refractivity contribution in [3.05, 3.63) is 267 Å². The highest BCUT2D eigenvalue weighted by Gasteiger charge is 2.24. The summed E-state index contributed by atoms with van der Waals surface area (Å²) in [4.78, 5) is 16.1. The fourth-order valence-corrected chi connectivity index (χ4v) is 11.9. The summed E-state index contributed by atoms with van der Waals surface area (Å²) >= 11 is 0. The van der Waals surface area contributed by atoms with Crippen LogP contribution in [0.3, 0.4) is 0 Å². The molecule has 6 nitrogen and oxygen atoms in total. The molecule has 0 atom stereocenters. The molecule has 11 aromatic carbocycles. The number of rotatable bonds is 8. The number of benzene rings is 11. The Labute approximate surface area is 431 Å². The van der Waals surface area contributed by atoms with Crippen molar-refractivity contribution in [2.45, 2.75) is 0 Å². The molecule has 0 radical (unpaired) electrons. The minimum atomic E-state index is 0.544. The zero-order valence-corrected chi connectivity index (χ0v) is 40.6. The molecule has 0 aliphatic heterocycles. The van der Waals surface area contributed by atoms with Crippen molar-refractivity contribution in [1.29, 1.82) is 0 Å². The molecule has 0 bridgehead atoms. The Balaban J connectivity index is 0.980. The van der Waals surface area contributed by atoms with Crippen LogP contribution in [0.5, 0.6) is 0 Å². The SMILES string of the molecule is C=C/C=C\C=C(/c1ccc2c3ccccc3c3ccccc3c2c1)n1c2ccccc2c2c3c4ccccc4n(-c4nc(-c5ccccc5)nc(-c5ccc6c7ccccc7n(-c7ccccc7)c6c5)n4)c3ccc21. The third-order valence-electron chi connectivity index (χ3n) is 15.1. The predicted octanol–water partition coefficient (Wildman–Crippen LogP) is 17.6. The van der Waals surface area contributed by atoms with Crippen LogP contribution in [0.2, 0.25) is 0 Å². The zero-order chi connectivity index (χ0) is 49.6. The van der Waals surface area contributed by atoms with Crippen LogP contribution in [-0.4, -0.2) is 28.7 Å². The molecule has 0 saturated carbocycles. The van der Waals surface area contributed by atoms with E-state index in [9.17, 15) is 0 Å². The van der Waals surface area contributed by atoms with Crippen molar-refractivity contribution in [1.82, 2.24) is 28.7 Å². The molecular formula is C69H44N6. The van der Waals surface area contributed by atoms with E-state index in [0.29, 0.717) is 17.6 Å². The van der Waals surface area contributed by atoms with Gasteiger partial charge in [-0.25, -0.2) is 4.98 Å². The molecule has 0 aliphatic carbocycles. The maximum Gasteiger partial charge on any atom is 0.238 e. The van der Waals surface area contributed by atoms with Gasteiger partial charge in [-0.2, -0.15) is 9.97 Å². The molecule has 0 saturated heterocycles. The first-order chi connectivity index (χ1) is 37.2. The van der Waals surface area contributed by atoms with Crippen molar-refractivity contribution >= 4 is 103 Å². The fourth-order valence-electron chi connectivity index (χ4n) is 11.9. The summed E-state index contributed by atoms with van der Waals surface area (Å²) < 4.78 is 7.01. The van der Waals surface area contributed by atoms with Gasteiger partial charge < -0.3 is 9.13 Å². The van der Waals surface area contributed by atoms with Gasteiger partial charge in [0.15, 0.2) is 11.6 Å². The highest BCUT2D eigenvalue weighted by atomic mass is 15.2. The summed E-state index contributed by atoms with van der Waals surface area (Å²) in [6.07, 6.45) is 8.14. The van der Waals surface area contributed by atoms with E-state index in [1.807, 2.05) is 30.4 Å². The van der Waals surface area contributed by atoms with Crippen molar-refractivity contribution in [3.63, 3.8) is 0 Å². The maximum absolute atomic E-state index is 5.46. The molecule has 15 rings (SSSR count). The molecule has 0 spiro atoms. The molecule has 75 heavy (non-hydrogen) atoms. The number of allylic oxidation sites excluding steroid dienone is 4. The molecule has 0 amide bonds. The zero-order valence-electron chi connectivity index (χ0n) is 40.6. The second-order valence-electron chi connectivity index (χ2n) is 19.2. The van der Waals surface area contributed by atoms with Gasteiger partial charge >= 0.3 is 0 Å². The Kier molecular flexibility index (Phi) is 9.62. The summed E-state index contributed by atoms with van der Waals surface area (Å²) in [5.41, 5.74) is 11.5. The van der Waals surface area contributed by atoms with E-state index < -0.39 is 0 Å². The molecule has 4 aromatic heterocycles. The molecule has 350 valence electrons. The third-order valence-corrected chi connectivity index (χ3v) is 15.1. The number of nitrogens with zero attached hydrogens (tertiary/aromatic N) is 6. The Bertz CT molecular complexity index is 4860. The molecule has 4 heterocycles. The lowest BCUT2D eigenvalue weighted by atomic mass is 9.93. The largest absolute Gasteiger partial charge is 0.309 e. The molecule has 0 aliphatic rings. The lowest BCUT2D eigenvalue weighted by Crippen LogP contribution is -2.06. The molecular weight excluding hydrogens is 913 g/mol. The highest BCUT2D eigenvalue weighted by molar-refractivity contribution is 6.30. The van der Waals surface area contributed by atoms with Crippen LogP contribution in [0.25, 0.3) is 138 Å². The lowest BCUT2D eigenvalue weighted by molar-refractivity contribution is 0.953. The van der Waals surface area contributed by atoms with Crippen molar-refractivity contribution < 1.29 is 0 Å². The van der Waals surface area contributed by atoms with Gasteiger partial charge in [0.05, 0.1) is 38.8 Å². The topological polar surface area (TPSA) is 53.5 Å². The monoisotopic (exact) mass is 956 g/mol. The summed E-state index contributed by atoms with van der Waals surface area (Å²) in [6.45, 7) is 4.03. The molecule has 15 aromatic rings. The summed E-state index contributed by atoms with van der Waals surface area (Å²) in [6, 6.07) is 82.5. The van der Waals surface area contributed by atoms with E-state index >= 15 is 0 Å². The molecule has 0 fully saturated rings. The van der Waals surface area contributed by atoms with Crippen LogP contribution in [0.1, 0.15) is 5.56 Å². The van der Waals surface area contributed by atoms with E-state index in [1.165, 1.54) is 43.1 Å². The Hall–Kier alpha value is -10.2. The minimum Gasteiger partial charge on any atom is -0.309 e. The molecule has 0 N–H and O–H groups in total. The maximum atomic E-state index is 5.46. The van der Waals surface area contributed by atoms with Crippen LogP contribution in [0.4, 0.5) is 0 Å². The smallest absolute Gasteiger partial charge is 0.238 e. The Morgan fingerprint density at radius 2 is 0.853 bits per heavy atom. The van der Waals surface area contributed by atoms with Gasteiger partial charge in [0, 0.05) is 49.1 Å². The highest BCUT2D eigenvalue weighted by Crippen LogP contribution is 2.44. The normalized spacial score (nSPS) is 12.3. The van der Waals surface area contributed by atoms with Gasteiger partial charge in [-0.1, -0.05) is 201 Å². The van der Waals surface area contributed by atoms with Gasteiger partial charge in [-0.05, 0) is 98.6 Å². The van der Waals surface area contributed by atoms with E-state index in [0.717, 1.165) is 82.7 Å². The van der Waals surface area contributed by atoms with Gasteiger partial charge in [0.1, 0.15) is 0 Å². The Morgan fingerprint density at radius 3 is 1.55 bits per heavy atom. The van der Waals surface area contributed by atoms with Crippen LogP contribution in [0.15, 0.2) is 261 Å². The number of aromatic nitrogens is 6. The standard InChI is InChI=1S/C69H44N6/c1-2-3-6-32-58(45-36-38-52-50-27-12-11-25-48(50)49-26-13-14-28-51(49)57(52)42-45)74-60-34-19-16-30-55(60)65-62(74)40-41-63-66(65)56-31-17-20-35-61(56)75(63)69-71-67(44-21-7-4-8-22-44)70-68(72-69)46-37-39-54-53-29-15-18-33-59(53)73(64(54)43-46)47-23-9-5-10-24-47/h2-43H,1H2/b6-3-,58-32+. The van der Waals surface area contributed by atoms with Crippen LogP contribution >= 0.6 is 0 Å². The van der Waals surface area contributed by atoms with Gasteiger partial charge in [0.2, 0.25) is 5.95 Å². The number of para-hydroxylation sites is 4. The van der Waals surface area contributed by atoms with Crippen molar-refractivity contribution in [2.75, 3.05) is 0 Å². The van der Waals surface area contributed by atoms with Crippen molar-refractivity contribution in [3.8, 4) is 34.4 Å². The van der Waals surface area contributed by atoms with Crippen LogP contribution < -0.4 is 0 Å². The summed E-state index contributed by atoms with van der Waals surface area (Å²) in [5, 5.41) is 14.4. The van der Waals surface area contributed by atoms with E-state index in [4.69, 9.17) is 15.0 Å². The third kappa shape index (κ3) is 6.56. The van der Waals surface area contributed by atoms with Crippen molar-refractivity contribution in [2.24, 2.45) is 0 Å². The van der Waals surface area contributed by atoms with Crippen LogP contribution in [-0.2, 0) is 0 Å². The Morgan fingerprint density at radius 1 is 0.347 bits per heavy atom. The van der Waals surface area contributed by atoms with Gasteiger partial charge in [-0.3, -0.25) is 4.57 Å². The number of hydrogen-bond acceptors (Lipinski definition) is 3. The van der Waals surface area contributed by atoms with Gasteiger partial charge in [-0.15, -0.1) is 0 Å². The second-order valence-corrected chi connectivity index (χ2v) is 19.2. The first kappa shape index (κ1) is 42.5. The van der Waals surface area contributed by atoms with E-state index in [-0.39, 0.29) is 0 Å². The fraction of sp³-hybridized carbons (Fsp3) is 0. The lowest BCUT2D eigenvalue weighted by Gasteiger charge is -2.16. The minimum absolute atomic E-state index is 0.544. The molecule has 6 heteroatoms. The predicted molar refractivity (Wildman–Crippen MR) is 314 cm³/mol. The average Bonchev–Trinajstić information content (AvgIpc) is 4.13. The quantitative estimate of drug-likeness (QED) is 0.113. The van der Waals surface area contributed by atoms with E-state index in [1.54, 1.807) is 0 Å². The summed E-state index contributed by atoms with van der Waals surface area (Å²) in [5.74, 6) is 1.73. The number of hydrogen-bond donors (Lipinski definition) is 0. The van der Waals surface area contributed by atoms with Gasteiger partial charge in [0.25, 0.3) is 0 Å². The average molecular weight is 957 g/mol.